The molecule has 0 aliphatic heterocycles. The molecule has 0 unspecified atom stereocenters. The van der Waals surface area contributed by atoms with E-state index in [9.17, 15) is 9.59 Å². The first-order valence-electron chi connectivity index (χ1n) is 6.05. The number of fused-ring (bicyclic) bond motifs is 1. The van der Waals surface area contributed by atoms with Gasteiger partial charge in [0.15, 0.2) is 0 Å². The minimum atomic E-state index is -1.11. The zero-order valence-electron chi connectivity index (χ0n) is 11.2. The van der Waals surface area contributed by atoms with Gasteiger partial charge in [-0.25, -0.2) is 14.5 Å². The van der Waals surface area contributed by atoms with E-state index in [0.29, 0.717) is 15.9 Å². The van der Waals surface area contributed by atoms with Gasteiger partial charge in [-0.3, -0.25) is 9.78 Å². The molecule has 22 heavy (non-hydrogen) atoms. The van der Waals surface area contributed by atoms with Crippen LogP contribution < -0.4 is 5.56 Å². The van der Waals surface area contributed by atoms with Crippen LogP contribution in [0, 0.1) is 0 Å². The first-order chi connectivity index (χ1) is 10.5. The van der Waals surface area contributed by atoms with E-state index in [1.165, 1.54) is 28.8 Å². The topological polar surface area (TPSA) is 101 Å². The van der Waals surface area contributed by atoms with E-state index in [1.807, 2.05) is 6.26 Å². The molecule has 0 amide bonds. The van der Waals surface area contributed by atoms with E-state index in [-0.39, 0.29) is 17.1 Å². The van der Waals surface area contributed by atoms with E-state index in [1.54, 1.807) is 12.1 Å². The molecule has 3 aromatic rings. The van der Waals surface area contributed by atoms with Gasteiger partial charge < -0.3 is 5.11 Å². The average Bonchev–Trinajstić information content (AvgIpc) is 2.96. The highest BCUT2D eigenvalue weighted by Gasteiger charge is 2.12. The Morgan fingerprint density at radius 3 is 2.86 bits per heavy atom. The summed E-state index contributed by atoms with van der Waals surface area (Å²) in [7, 11) is 0. The van der Waals surface area contributed by atoms with Crippen LogP contribution in [0.3, 0.4) is 0 Å². The summed E-state index contributed by atoms with van der Waals surface area (Å²) >= 11 is 7.56. The molecule has 2 aromatic heterocycles. The normalized spacial score (nSPS) is 11.0. The van der Waals surface area contributed by atoms with Crippen molar-refractivity contribution in [3.05, 3.63) is 45.5 Å². The zero-order valence-corrected chi connectivity index (χ0v) is 12.8. The van der Waals surface area contributed by atoms with Gasteiger partial charge in [0.2, 0.25) is 5.95 Å². The van der Waals surface area contributed by atoms with Gasteiger partial charge in [-0.15, -0.1) is 11.8 Å². The molecule has 9 heteroatoms. The number of aromatic nitrogens is 4. The Bertz CT molecular complexity index is 950. The fraction of sp³-hybridized carbons (Fsp3) is 0.0769. The number of rotatable bonds is 3. The van der Waals surface area contributed by atoms with E-state index in [2.05, 4.69) is 15.1 Å². The van der Waals surface area contributed by atoms with Gasteiger partial charge in [0, 0.05) is 11.1 Å². The van der Waals surface area contributed by atoms with Gasteiger partial charge in [0.1, 0.15) is 0 Å². The summed E-state index contributed by atoms with van der Waals surface area (Å²) in [5.74, 6) is -0.986. The molecule has 0 saturated carbocycles. The number of benzene rings is 1. The first-order valence-corrected chi connectivity index (χ1v) is 7.66. The number of nitrogens with zero attached hydrogens (tertiary/aromatic N) is 3. The van der Waals surface area contributed by atoms with Crippen LogP contribution >= 0.6 is 23.4 Å². The van der Waals surface area contributed by atoms with Crippen LogP contribution in [-0.2, 0) is 0 Å². The fourth-order valence-corrected chi connectivity index (χ4v) is 2.82. The van der Waals surface area contributed by atoms with Crippen molar-refractivity contribution in [3.63, 3.8) is 0 Å². The van der Waals surface area contributed by atoms with Crippen molar-refractivity contribution in [2.75, 3.05) is 6.26 Å². The second kappa shape index (κ2) is 5.47. The zero-order chi connectivity index (χ0) is 15.9. The van der Waals surface area contributed by atoms with Crippen molar-refractivity contribution in [2.24, 2.45) is 0 Å². The van der Waals surface area contributed by atoms with Crippen molar-refractivity contribution in [2.45, 2.75) is 4.90 Å². The highest BCUT2D eigenvalue weighted by Crippen LogP contribution is 2.28. The highest BCUT2D eigenvalue weighted by atomic mass is 35.5. The Balaban J connectivity index is 2.19. The lowest BCUT2D eigenvalue weighted by molar-refractivity contribution is 0.0697. The molecule has 0 spiro atoms. The summed E-state index contributed by atoms with van der Waals surface area (Å²) in [6.07, 6.45) is 4.31. The summed E-state index contributed by atoms with van der Waals surface area (Å²) in [6, 6.07) is 3.27. The third-order valence-corrected chi connectivity index (χ3v) is 4.22. The predicted molar refractivity (Wildman–Crippen MR) is 83.2 cm³/mol. The van der Waals surface area contributed by atoms with Crippen molar-refractivity contribution in [1.29, 1.82) is 0 Å². The van der Waals surface area contributed by atoms with E-state index >= 15 is 0 Å². The average molecular weight is 337 g/mol. The summed E-state index contributed by atoms with van der Waals surface area (Å²) in [4.78, 5) is 30.7. The second-order valence-corrected chi connectivity index (χ2v) is 5.63. The molecule has 112 valence electrons. The van der Waals surface area contributed by atoms with Crippen LogP contribution in [0.2, 0.25) is 5.02 Å². The lowest BCUT2D eigenvalue weighted by Gasteiger charge is -2.05. The number of carboxylic acid groups (broad SMARTS) is 1. The van der Waals surface area contributed by atoms with Gasteiger partial charge >= 0.3 is 5.97 Å². The van der Waals surface area contributed by atoms with Gasteiger partial charge in [-0.05, 0) is 18.4 Å². The molecule has 3 rings (SSSR count). The number of carboxylic acids is 1. The standard InChI is InChI=1S/C13H9ClN4O3S/c1-22-10-2-7-9(3-8(10)14)16-13(17-11(7)19)18-5-6(4-15-18)12(20)21/h2-5H,1H3,(H,20,21)(H,16,17,19). The van der Waals surface area contributed by atoms with Crippen LogP contribution in [0.4, 0.5) is 0 Å². The Labute approximate surface area is 132 Å². The van der Waals surface area contributed by atoms with Gasteiger partial charge in [0.25, 0.3) is 5.56 Å². The SMILES string of the molecule is CSc1cc2c(=O)[nH]c(-n3cc(C(=O)O)cn3)nc2cc1Cl. The highest BCUT2D eigenvalue weighted by molar-refractivity contribution is 7.98. The molecule has 7 nitrogen and oxygen atoms in total. The third-order valence-electron chi connectivity index (χ3n) is 3.01. The maximum Gasteiger partial charge on any atom is 0.338 e. The Kier molecular flexibility index (Phi) is 3.63. The lowest BCUT2D eigenvalue weighted by Crippen LogP contribution is -2.14. The molecular weight excluding hydrogens is 328 g/mol. The summed E-state index contributed by atoms with van der Waals surface area (Å²) in [5.41, 5.74) is 0.0618. The van der Waals surface area contributed by atoms with Crippen LogP contribution in [0.25, 0.3) is 16.9 Å². The van der Waals surface area contributed by atoms with Crippen LogP contribution in [0.1, 0.15) is 10.4 Å². The number of hydrogen-bond acceptors (Lipinski definition) is 5. The molecule has 0 aliphatic rings. The number of H-pyrrole nitrogens is 1. The number of thioether (sulfide) groups is 1. The molecule has 0 fully saturated rings. The van der Waals surface area contributed by atoms with Crippen molar-refractivity contribution < 1.29 is 9.90 Å². The molecule has 2 heterocycles. The van der Waals surface area contributed by atoms with Crippen molar-refractivity contribution >= 4 is 40.2 Å². The Hall–Kier alpha value is -2.32. The predicted octanol–water partition coefficient (Wildman–Crippen LogP) is 2.18. The van der Waals surface area contributed by atoms with E-state index in [4.69, 9.17) is 16.7 Å². The number of aromatic amines is 1. The van der Waals surface area contributed by atoms with Crippen molar-refractivity contribution in [3.8, 4) is 5.95 Å². The molecule has 0 radical (unpaired) electrons. The largest absolute Gasteiger partial charge is 0.478 e. The summed E-state index contributed by atoms with van der Waals surface area (Å²) in [5, 5.41) is 13.7. The maximum atomic E-state index is 12.2. The molecule has 2 N–H and O–H groups in total. The molecular formula is C13H9ClN4O3S. The summed E-state index contributed by atoms with van der Waals surface area (Å²) < 4.78 is 1.20. The van der Waals surface area contributed by atoms with Crippen molar-refractivity contribution in [1.82, 2.24) is 19.7 Å². The van der Waals surface area contributed by atoms with Crippen LogP contribution in [0.15, 0.2) is 34.2 Å². The first kappa shape index (κ1) is 14.6. The van der Waals surface area contributed by atoms with Gasteiger partial charge in [-0.1, -0.05) is 11.6 Å². The summed E-state index contributed by atoms with van der Waals surface area (Å²) in [6.45, 7) is 0. The molecule has 1 aromatic carbocycles. The lowest BCUT2D eigenvalue weighted by atomic mass is 10.2. The maximum absolute atomic E-state index is 12.2. The molecule has 0 atom stereocenters. The Morgan fingerprint density at radius 2 is 2.23 bits per heavy atom. The van der Waals surface area contributed by atoms with Crippen LogP contribution in [-0.4, -0.2) is 37.1 Å². The van der Waals surface area contributed by atoms with E-state index < -0.39 is 5.97 Å². The van der Waals surface area contributed by atoms with Gasteiger partial charge in [0.05, 0.1) is 27.7 Å². The second-order valence-electron chi connectivity index (χ2n) is 4.37. The number of halogens is 1. The molecule has 0 bridgehead atoms. The number of carbonyl (C=O) groups is 1. The fourth-order valence-electron chi connectivity index (χ4n) is 1.94. The minimum absolute atomic E-state index is 0.00138. The number of hydrogen-bond donors (Lipinski definition) is 2. The minimum Gasteiger partial charge on any atom is -0.478 e. The van der Waals surface area contributed by atoms with E-state index in [0.717, 1.165) is 4.90 Å². The number of nitrogens with one attached hydrogen (secondary N) is 1. The number of aromatic carboxylic acids is 1. The van der Waals surface area contributed by atoms with Gasteiger partial charge in [-0.2, -0.15) is 5.10 Å². The molecule has 0 saturated heterocycles. The van der Waals surface area contributed by atoms with Crippen LogP contribution in [0.5, 0.6) is 0 Å². The third kappa shape index (κ3) is 2.46. The Morgan fingerprint density at radius 1 is 1.45 bits per heavy atom. The smallest absolute Gasteiger partial charge is 0.338 e. The monoisotopic (exact) mass is 336 g/mol. The molecule has 0 aliphatic carbocycles. The quantitative estimate of drug-likeness (QED) is 0.711.